The second-order valence-corrected chi connectivity index (χ2v) is 7.67. The van der Waals surface area contributed by atoms with E-state index in [0.29, 0.717) is 18.6 Å². The molecule has 172 valence electrons. The summed E-state index contributed by atoms with van der Waals surface area (Å²) in [6.45, 7) is 1.96. The summed E-state index contributed by atoms with van der Waals surface area (Å²) in [5.41, 5.74) is -0.250. The Morgan fingerprint density at radius 2 is 1.35 bits per heavy atom. The average Bonchev–Trinajstić information content (AvgIpc) is 2.76. The highest BCUT2D eigenvalue weighted by Gasteiger charge is 2.20. The summed E-state index contributed by atoms with van der Waals surface area (Å²) < 4.78 is 99.2. The van der Waals surface area contributed by atoms with Gasteiger partial charge in [0.1, 0.15) is 23.3 Å². The summed E-state index contributed by atoms with van der Waals surface area (Å²) in [7, 11) is 0. The molecular weight excluding hydrogens is 457 g/mol. The van der Waals surface area contributed by atoms with Gasteiger partial charge in [-0.1, -0.05) is 31.3 Å². The molecule has 0 aromatic heterocycles. The number of halogens is 7. The molecule has 4 aromatic rings. The first-order chi connectivity index (χ1) is 16.2. The van der Waals surface area contributed by atoms with Crippen molar-refractivity contribution >= 4 is 10.8 Å². The molecular formula is C27H15F7. The third-order valence-electron chi connectivity index (χ3n) is 5.27. The Balaban J connectivity index is 1.74. The fraction of sp³-hybridized carbons (Fsp3) is 0.111. The van der Waals surface area contributed by atoms with Crippen LogP contribution in [0.2, 0.25) is 0 Å². The minimum Gasteiger partial charge on any atom is -0.206 e. The second-order valence-electron chi connectivity index (χ2n) is 7.67. The van der Waals surface area contributed by atoms with Crippen molar-refractivity contribution in [3.63, 3.8) is 0 Å². The van der Waals surface area contributed by atoms with Crippen molar-refractivity contribution in [2.45, 2.75) is 19.8 Å². The molecule has 0 unspecified atom stereocenters. The van der Waals surface area contributed by atoms with Crippen LogP contribution in [-0.2, 0) is 6.42 Å². The summed E-state index contributed by atoms with van der Waals surface area (Å²) in [5.74, 6) is -4.25. The van der Waals surface area contributed by atoms with Crippen LogP contribution in [0, 0.1) is 52.6 Å². The first-order valence-corrected chi connectivity index (χ1v) is 10.3. The van der Waals surface area contributed by atoms with E-state index in [2.05, 4.69) is 11.8 Å². The molecule has 0 spiro atoms. The SMILES string of the molecule is CCCc1ccc(C#Cc2cc(F)c(-c3cc(F)c4c(F)c(F)c(F)cc4c3)c(F)c2)c(F)c1. The molecule has 7 heteroatoms. The third-order valence-corrected chi connectivity index (χ3v) is 5.27. The van der Waals surface area contributed by atoms with Crippen molar-refractivity contribution in [3.8, 4) is 23.0 Å². The summed E-state index contributed by atoms with van der Waals surface area (Å²) in [6.07, 6.45) is 1.54. The lowest BCUT2D eigenvalue weighted by Gasteiger charge is -2.10. The molecule has 0 N–H and O–H groups in total. The Hall–Kier alpha value is -3.79. The maximum Gasteiger partial charge on any atom is 0.195 e. The number of hydrogen-bond acceptors (Lipinski definition) is 0. The lowest BCUT2D eigenvalue weighted by molar-refractivity contribution is 0.451. The minimum atomic E-state index is -1.85. The van der Waals surface area contributed by atoms with Gasteiger partial charge in [0.15, 0.2) is 17.5 Å². The van der Waals surface area contributed by atoms with E-state index in [1.54, 1.807) is 6.07 Å². The number of aryl methyl sites for hydroxylation is 1. The quantitative estimate of drug-likeness (QED) is 0.162. The molecule has 0 heterocycles. The molecule has 34 heavy (non-hydrogen) atoms. The van der Waals surface area contributed by atoms with Crippen molar-refractivity contribution in [3.05, 3.63) is 106 Å². The van der Waals surface area contributed by atoms with Gasteiger partial charge in [-0.05, 0) is 65.4 Å². The second kappa shape index (κ2) is 9.22. The molecule has 4 aromatic carbocycles. The molecule has 0 aliphatic heterocycles. The van der Waals surface area contributed by atoms with Crippen LogP contribution in [0.15, 0.2) is 48.5 Å². The smallest absolute Gasteiger partial charge is 0.195 e. The van der Waals surface area contributed by atoms with Gasteiger partial charge in [0.2, 0.25) is 0 Å². The molecule has 0 nitrogen and oxygen atoms in total. The van der Waals surface area contributed by atoms with E-state index in [9.17, 15) is 30.7 Å². The molecule has 0 saturated carbocycles. The van der Waals surface area contributed by atoms with Gasteiger partial charge < -0.3 is 0 Å². The van der Waals surface area contributed by atoms with Gasteiger partial charge in [-0.2, -0.15) is 0 Å². The number of hydrogen-bond donors (Lipinski definition) is 0. The van der Waals surface area contributed by atoms with E-state index in [0.717, 1.165) is 30.2 Å². The van der Waals surface area contributed by atoms with Gasteiger partial charge in [0.25, 0.3) is 0 Å². The lowest BCUT2D eigenvalue weighted by Crippen LogP contribution is -1.98. The fourth-order valence-corrected chi connectivity index (χ4v) is 3.70. The van der Waals surface area contributed by atoms with Gasteiger partial charge >= 0.3 is 0 Å². The van der Waals surface area contributed by atoms with Crippen molar-refractivity contribution in [1.82, 2.24) is 0 Å². The van der Waals surface area contributed by atoms with Crippen molar-refractivity contribution < 1.29 is 30.7 Å². The number of fused-ring (bicyclic) bond motifs is 1. The van der Waals surface area contributed by atoms with Gasteiger partial charge in [0.05, 0.1) is 16.5 Å². The first kappa shape index (κ1) is 23.4. The molecule has 0 bridgehead atoms. The minimum absolute atomic E-state index is 0.0534. The Kier molecular flexibility index (Phi) is 6.34. The number of rotatable bonds is 3. The maximum absolute atomic E-state index is 14.8. The topological polar surface area (TPSA) is 0 Å². The Morgan fingerprint density at radius 3 is 2.00 bits per heavy atom. The van der Waals surface area contributed by atoms with Crippen molar-refractivity contribution in [2.24, 2.45) is 0 Å². The average molecular weight is 472 g/mol. The van der Waals surface area contributed by atoms with Crippen LogP contribution in [0.1, 0.15) is 30.0 Å². The number of benzene rings is 4. The largest absolute Gasteiger partial charge is 0.206 e. The lowest BCUT2D eigenvalue weighted by atomic mass is 9.98. The highest BCUT2D eigenvalue weighted by Crippen LogP contribution is 2.33. The standard InChI is InChI=1S/C27H15F7/c1-2-3-14-4-6-16(19(28)8-14)7-5-15-9-20(29)24(21(30)10-15)17-11-18-13-23(32)26(33)27(34)25(18)22(31)12-17/h4,6,8-13H,2-3H2,1H3. The molecule has 0 fully saturated rings. The van der Waals surface area contributed by atoms with E-state index < -0.39 is 57.1 Å². The Morgan fingerprint density at radius 1 is 0.647 bits per heavy atom. The van der Waals surface area contributed by atoms with Gasteiger partial charge in [-0.3, -0.25) is 0 Å². The van der Waals surface area contributed by atoms with Crippen LogP contribution in [0.5, 0.6) is 0 Å². The molecule has 0 radical (unpaired) electrons. The first-order valence-electron chi connectivity index (χ1n) is 10.3. The molecule has 0 atom stereocenters. The van der Waals surface area contributed by atoms with E-state index in [1.807, 2.05) is 6.92 Å². The van der Waals surface area contributed by atoms with E-state index in [4.69, 9.17) is 0 Å². The Labute approximate surface area is 190 Å². The monoisotopic (exact) mass is 472 g/mol. The predicted octanol–water partition coefficient (Wildman–Crippen LogP) is 7.83. The van der Waals surface area contributed by atoms with E-state index in [1.165, 1.54) is 12.1 Å². The van der Waals surface area contributed by atoms with Gasteiger partial charge in [0, 0.05) is 5.56 Å². The van der Waals surface area contributed by atoms with Gasteiger partial charge in [-0.15, -0.1) is 0 Å². The highest BCUT2D eigenvalue weighted by atomic mass is 19.2. The molecule has 0 aliphatic carbocycles. The zero-order valence-electron chi connectivity index (χ0n) is 17.7. The summed E-state index contributed by atoms with van der Waals surface area (Å²) in [6, 6.07) is 8.41. The molecule has 4 rings (SSSR count). The summed E-state index contributed by atoms with van der Waals surface area (Å²) >= 11 is 0. The summed E-state index contributed by atoms with van der Waals surface area (Å²) in [4.78, 5) is 0. The zero-order valence-corrected chi connectivity index (χ0v) is 17.7. The van der Waals surface area contributed by atoms with Crippen LogP contribution in [0.4, 0.5) is 30.7 Å². The van der Waals surface area contributed by atoms with Crippen LogP contribution < -0.4 is 0 Å². The molecule has 0 amide bonds. The summed E-state index contributed by atoms with van der Waals surface area (Å²) in [5, 5.41) is -1.24. The zero-order chi connectivity index (χ0) is 24.6. The maximum atomic E-state index is 14.8. The fourth-order valence-electron chi connectivity index (χ4n) is 3.70. The van der Waals surface area contributed by atoms with Crippen LogP contribution in [-0.4, -0.2) is 0 Å². The van der Waals surface area contributed by atoms with Crippen LogP contribution in [0.3, 0.4) is 0 Å². The van der Waals surface area contributed by atoms with Crippen LogP contribution in [0.25, 0.3) is 21.9 Å². The molecule has 0 aliphatic rings. The highest BCUT2D eigenvalue weighted by molar-refractivity contribution is 5.89. The third kappa shape index (κ3) is 4.36. The van der Waals surface area contributed by atoms with Crippen molar-refractivity contribution in [1.29, 1.82) is 0 Å². The normalized spacial score (nSPS) is 10.9. The molecule has 0 saturated heterocycles. The predicted molar refractivity (Wildman–Crippen MR) is 116 cm³/mol. The van der Waals surface area contributed by atoms with Gasteiger partial charge in [-0.25, -0.2) is 30.7 Å². The van der Waals surface area contributed by atoms with E-state index in [-0.39, 0.29) is 16.7 Å². The van der Waals surface area contributed by atoms with Crippen LogP contribution >= 0.6 is 0 Å². The van der Waals surface area contributed by atoms with Crippen molar-refractivity contribution in [2.75, 3.05) is 0 Å². The van der Waals surface area contributed by atoms with E-state index >= 15 is 0 Å². The Bertz CT molecular complexity index is 1470.